The summed E-state index contributed by atoms with van der Waals surface area (Å²) in [6.07, 6.45) is 0. The monoisotopic (exact) mass is 422 g/mol. The zero-order chi connectivity index (χ0) is 21.9. The lowest BCUT2D eigenvalue weighted by atomic mass is 10.0. The summed E-state index contributed by atoms with van der Waals surface area (Å²) in [5, 5.41) is 5.26. The van der Waals surface area contributed by atoms with Gasteiger partial charge in [0.1, 0.15) is 0 Å². The molecule has 0 aliphatic carbocycles. The number of para-hydroxylation sites is 2. The molecule has 0 aliphatic rings. The maximum absolute atomic E-state index is 2.42. The Balaban J connectivity index is 1.63. The van der Waals surface area contributed by atoms with E-state index in [9.17, 15) is 0 Å². The number of rotatable bonds is 2. The van der Waals surface area contributed by atoms with Gasteiger partial charge in [-0.15, -0.1) is 0 Å². The molecule has 0 unspecified atom stereocenters. The first-order chi connectivity index (χ1) is 16.3. The predicted octanol–water partition coefficient (Wildman–Crippen LogP) is 8.10. The van der Waals surface area contributed by atoms with Crippen LogP contribution in [0.15, 0.2) is 115 Å². The van der Waals surface area contributed by atoms with Gasteiger partial charge in [-0.3, -0.25) is 0 Å². The van der Waals surface area contributed by atoms with Crippen molar-refractivity contribution in [3.05, 3.63) is 115 Å². The molecule has 0 saturated heterocycles. The van der Waals surface area contributed by atoms with Crippen LogP contribution >= 0.6 is 0 Å². The van der Waals surface area contributed by atoms with E-state index in [1.54, 1.807) is 0 Å². The fourth-order valence-electron chi connectivity index (χ4n) is 5.44. The fraction of sp³-hybridized carbons (Fsp3) is 0.0323. The van der Waals surface area contributed by atoms with Crippen LogP contribution in [0.2, 0.25) is 0 Å². The first-order valence-corrected chi connectivity index (χ1v) is 11.4. The van der Waals surface area contributed by atoms with E-state index in [4.69, 9.17) is 0 Å². The Morgan fingerprint density at radius 3 is 1.88 bits per heavy atom. The molecule has 5 aromatic carbocycles. The number of nitrogens with zero attached hydrogens (tertiary/aromatic N) is 2. The molecule has 0 bridgehead atoms. The molecule has 0 radical (unpaired) electrons. The van der Waals surface area contributed by atoms with Gasteiger partial charge in [-0.2, -0.15) is 0 Å². The summed E-state index contributed by atoms with van der Waals surface area (Å²) in [7, 11) is 2.17. The Kier molecular flexibility index (Phi) is 3.80. The van der Waals surface area contributed by atoms with E-state index in [0.717, 1.165) is 0 Å². The van der Waals surface area contributed by atoms with Crippen molar-refractivity contribution in [2.75, 3.05) is 0 Å². The molecule has 7 aromatic rings. The van der Waals surface area contributed by atoms with Crippen molar-refractivity contribution in [2.45, 2.75) is 0 Å². The van der Waals surface area contributed by atoms with Crippen molar-refractivity contribution in [3.63, 3.8) is 0 Å². The van der Waals surface area contributed by atoms with Crippen molar-refractivity contribution >= 4 is 43.6 Å². The number of fused-ring (bicyclic) bond motifs is 7. The normalized spacial score (nSPS) is 11.8. The maximum Gasteiger partial charge on any atom is 0.0548 e. The second-order valence-electron chi connectivity index (χ2n) is 8.70. The third-order valence-corrected chi connectivity index (χ3v) is 6.92. The van der Waals surface area contributed by atoms with Gasteiger partial charge in [-0.1, -0.05) is 78.9 Å². The van der Waals surface area contributed by atoms with Gasteiger partial charge in [-0.25, -0.2) is 0 Å². The summed E-state index contributed by atoms with van der Waals surface area (Å²) >= 11 is 0. The summed E-state index contributed by atoms with van der Waals surface area (Å²) in [5.74, 6) is 0. The zero-order valence-corrected chi connectivity index (χ0v) is 18.4. The van der Waals surface area contributed by atoms with E-state index >= 15 is 0 Å². The van der Waals surface area contributed by atoms with Crippen LogP contribution in [0.5, 0.6) is 0 Å². The smallest absolute Gasteiger partial charge is 0.0548 e. The van der Waals surface area contributed by atoms with E-state index in [0.29, 0.717) is 0 Å². The van der Waals surface area contributed by atoms with Gasteiger partial charge in [0.2, 0.25) is 0 Å². The molecule has 156 valence electrons. The maximum atomic E-state index is 2.42. The van der Waals surface area contributed by atoms with Gasteiger partial charge < -0.3 is 9.13 Å². The number of hydrogen-bond acceptors (Lipinski definition) is 0. The first kappa shape index (κ1) is 18.3. The minimum atomic E-state index is 1.18. The molecule has 2 aromatic heterocycles. The predicted molar refractivity (Wildman–Crippen MR) is 140 cm³/mol. The van der Waals surface area contributed by atoms with E-state index < -0.39 is 0 Å². The molecular formula is C31H22N2. The lowest BCUT2D eigenvalue weighted by Gasteiger charge is -2.10. The second-order valence-corrected chi connectivity index (χ2v) is 8.70. The van der Waals surface area contributed by atoms with E-state index in [2.05, 4.69) is 131 Å². The summed E-state index contributed by atoms with van der Waals surface area (Å²) in [6.45, 7) is 0. The van der Waals surface area contributed by atoms with E-state index in [-0.39, 0.29) is 0 Å². The molecule has 2 heterocycles. The van der Waals surface area contributed by atoms with Crippen LogP contribution in [0.3, 0.4) is 0 Å². The van der Waals surface area contributed by atoms with Crippen molar-refractivity contribution < 1.29 is 0 Å². The molecular weight excluding hydrogens is 400 g/mol. The zero-order valence-electron chi connectivity index (χ0n) is 18.4. The van der Waals surface area contributed by atoms with Crippen molar-refractivity contribution in [2.24, 2.45) is 7.05 Å². The van der Waals surface area contributed by atoms with Gasteiger partial charge in [0, 0.05) is 45.3 Å². The van der Waals surface area contributed by atoms with Crippen LogP contribution in [-0.4, -0.2) is 9.13 Å². The van der Waals surface area contributed by atoms with E-state index in [1.165, 1.54) is 60.4 Å². The Morgan fingerprint density at radius 1 is 0.455 bits per heavy atom. The SMILES string of the molecule is Cn1c2ccccc2c2c3c4ccccc4n(-c4cccc(-c5ccccc5)c4)c3ccc21. The molecule has 0 fully saturated rings. The lowest BCUT2D eigenvalue weighted by molar-refractivity contribution is 1.01. The minimum absolute atomic E-state index is 1.18. The molecule has 0 atom stereocenters. The minimum Gasteiger partial charge on any atom is -0.344 e. The Labute approximate surface area is 191 Å². The number of aryl methyl sites for hydroxylation is 1. The quantitative estimate of drug-likeness (QED) is 0.266. The van der Waals surface area contributed by atoms with Gasteiger partial charge in [-0.05, 0) is 47.5 Å². The molecule has 0 aliphatic heterocycles. The Morgan fingerprint density at radius 2 is 1.06 bits per heavy atom. The van der Waals surface area contributed by atoms with Crippen LogP contribution in [0.4, 0.5) is 0 Å². The highest BCUT2D eigenvalue weighted by atomic mass is 15.0. The molecule has 2 nitrogen and oxygen atoms in total. The van der Waals surface area contributed by atoms with Crippen molar-refractivity contribution in [3.8, 4) is 16.8 Å². The Hall–Kier alpha value is -4.30. The van der Waals surface area contributed by atoms with Crippen LogP contribution < -0.4 is 0 Å². The van der Waals surface area contributed by atoms with Crippen molar-refractivity contribution in [1.82, 2.24) is 9.13 Å². The molecule has 0 saturated carbocycles. The second kappa shape index (κ2) is 6.85. The molecule has 0 spiro atoms. The van der Waals surface area contributed by atoms with Gasteiger partial charge >= 0.3 is 0 Å². The third kappa shape index (κ3) is 2.55. The fourth-order valence-corrected chi connectivity index (χ4v) is 5.44. The van der Waals surface area contributed by atoms with Gasteiger partial charge in [0.25, 0.3) is 0 Å². The lowest BCUT2D eigenvalue weighted by Crippen LogP contribution is -1.94. The summed E-state index contributed by atoms with van der Waals surface area (Å²) in [5.41, 5.74) is 8.65. The number of hydrogen-bond donors (Lipinski definition) is 0. The number of aromatic nitrogens is 2. The van der Waals surface area contributed by atoms with Gasteiger partial charge in [0.05, 0.1) is 11.0 Å². The number of benzene rings is 5. The third-order valence-electron chi connectivity index (χ3n) is 6.92. The summed E-state index contributed by atoms with van der Waals surface area (Å²) in [4.78, 5) is 0. The average molecular weight is 423 g/mol. The Bertz CT molecular complexity index is 1820. The molecule has 33 heavy (non-hydrogen) atoms. The van der Waals surface area contributed by atoms with Crippen LogP contribution in [0.1, 0.15) is 0 Å². The highest BCUT2D eigenvalue weighted by Crippen LogP contribution is 2.41. The molecule has 2 heteroatoms. The molecule has 0 amide bonds. The van der Waals surface area contributed by atoms with Crippen LogP contribution in [-0.2, 0) is 7.05 Å². The largest absolute Gasteiger partial charge is 0.344 e. The van der Waals surface area contributed by atoms with Crippen LogP contribution in [0, 0.1) is 0 Å². The summed E-state index contributed by atoms with van der Waals surface area (Å²) in [6, 6.07) is 41.5. The highest BCUT2D eigenvalue weighted by Gasteiger charge is 2.18. The molecule has 0 N–H and O–H groups in total. The standard InChI is InChI=1S/C31H22N2/c1-32-26-16-7-5-14-24(26)30-28(32)18-19-29-31(30)25-15-6-8-17-27(25)33(29)23-13-9-12-22(20-23)21-10-3-2-4-11-21/h2-20H,1H3. The van der Waals surface area contributed by atoms with Crippen LogP contribution in [0.25, 0.3) is 60.4 Å². The van der Waals surface area contributed by atoms with Gasteiger partial charge in [0.15, 0.2) is 0 Å². The average Bonchev–Trinajstić information content (AvgIpc) is 3.37. The van der Waals surface area contributed by atoms with Crippen molar-refractivity contribution in [1.29, 1.82) is 0 Å². The van der Waals surface area contributed by atoms with E-state index in [1.807, 2.05) is 0 Å². The molecule has 7 rings (SSSR count). The topological polar surface area (TPSA) is 9.86 Å². The summed E-state index contributed by atoms with van der Waals surface area (Å²) < 4.78 is 4.73. The highest BCUT2D eigenvalue weighted by molar-refractivity contribution is 6.28. The first-order valence-electron chi connectivity index (χ1n) is 11.4.